The van der Waals surface area contributed by atoms with E-state index in [0.29, 0.717) is 18.7 Å². The highest BCUT2D eigenvalue weighted by molar-refractivity contribution is 6.39. The Labute approximate surface area is 110 Å². The van der Waals surface area contributed by atoms with Gasteiger partial charge in [0.2, 0.25) is 0 Å². The standard InChI is InChI=1S/C11H15Cl2N3O/c12-8-5-7(6-9(13)10(8)15)11(17)16-4-2-1-3-14/h5-6H,1-4,14-15H2,(H,16,17). The summed E-state index contributed by atoms with van der Waals surface area (Å²) in [6, 6.07) is 3.00. The Morgan fingerprint density at radius 2 is 1.82 bits per heavy atom. The monoisotopic (exact) mass is 275 g/mol. The van der Waals surface area contributed by atoms with Crippen LogP contribution in [0.2, 0.25) is 10.0 Å². The molecule has 0 heterocycles. The number of anilines is 1. The zero-order valence-corrected chi connectivity index (χ0v) is 10.8. The van der Waals surface area contributed by atoms with Crippen molar-refractivity contribution in [1.29, 1.82) is 0 Å². The normalized spacial score (nSPS) is 10.3. The largest absolute Gasteiger partial charge is 0.396 e. The molecule has 0 atom stereocenters. The Balaban J connectivity index is 2.63. The molecular formula is C11H15Cl2N3O. The second-order valence-corrected chi connectivity index (χ2v) is 4.42. The third-order valence-corrected chi connectivity index (χ3v) is 2.88. The summed E-state index contributed by atoms with van der Waals surface area (Å²) in [4.78, 5) is 11.7. The van der Waals surface area contributed by atoms with Gasteiger partial charge in [-0.25, -0.2) is 0 Å². The summed E-state index contributed by atoms with van der Waals surface area (Å²) >= 11 is 11.7. The Morgan fingerprint density at radius 3 is 2.35 bits per heavy atom. The molecule has 17 heavy (non-hydrogen) atoms. The van der Waals surface area contributed by atoms with Crippen molar-refractivity contribution in [2.75, 3.05) is 18.8 Å². The summed E-state index contributed by atoms with van der Waals surface area (Å²) in [7, 11) is 0. The topological polar surface area (TPSA) is 81.1 Å². The van der Waals surface area contributed by atoms with Crippen LogP contribution in [0, 0.1) is 0 Å². The minimum atomic E-state index is -0.217. The highest BCUT2D eigenvalue weighted by Gasteiger charge is 2.10. The molecule has 0 unspecified atom stereocenters. The molecule has 5 N–H and O–H groups in total. The van der Waals surface area contributed by atoms with Gasteiger partial charge in [0.15, 0.2) is 0 Å². The Bertz CT molecular complexity index is 387. The third-order valence-electron chi connectivity index (χ3n) is 2.26. The van der Waals surface area contributed by atoms with Crippen LogP contribution in [-0.2, 0) is 0 Å². The number of nitrogens with one attached hydrogen (secondary N) is 1. The van der Waals surface area contributed by atoms with E-state index in [1.165, 1.54) is 12.1 Å². The van der Waals surface area contributed by atoms with Gasteiger partial charge in [0.05, 0.1) is 15.7 Å². The van der Waals surface area contributed by atoms with Crippen molar-refractivity contribution in [1.82, 2.24) is 5.32 Å². The molecule has 0 aliphatic carbocycles. The van der Waals surface area contributed by atoms with E-state index in [-0.39, 0.29) is 21.6 Å². The SMILES string of the molecule is NCCCCNC(=O)c1cc(Cl)c(N)c(Cl)c1. The number of unbranched alkanes of at least 4 members (excludes halogenated alkanes) is 1. The van der Waals surface area contributed by atoms with Crippen molar-refractivity contribution in [3.63, 3.8) is 0 Å². The van der Waals surface area contributed by atoms with Gasteiger partial charge >= 0.3 is 0 Å². The number of nitrogen functional groups attached to an aromatic ring is 1. The molecule has 0 aliphatic heterocycles. The van der Waals surface area contributed by atoms with Crippen LogP contribution >= 0.6 is 23.2 Å². The molecule has 0 fully saturated rings. The highest BCUT2D eigenvalue weighted by atomic mass is 35.5. The first-order valence-electron chi connectivity index (χ1n) is 5.29. The lowest BCUT2D eigenvalue weighted by Gasteiger charge is -2.07. The van der Waals surface area contributed by atoms with Gasteiger partial charge in [-0.3, -0.25) is 4.79 Å². The van der Waals surface area contributed by atoms with Crippen LogP contribution in [0.3, 0.4) is 0 Å². The molecule has 1 aromatic rings. The van der Waals surface area contributed by atoms with Crippen molar-refractivity contribution < 1.29 is 4.79 Å². The van der Waals surface area contributed by atoms with Crippen LogP contribution in [0.4, 0.5) is 5.69 Å². The zero-order valence-electron chi connectivity index (χ0n) is 9.30. The van der Waals surface area contributed by atoms with Crippen LogP contribution in [0.5, 0.6) is 0 Å². The van der Waals surface area contributed by atoms with E-state index in [1.54, 1.807) is 0 Å². The maximum Gasteiger partial charge on any atom is 0.251 e. The molecule has 6 heteroatoms. The van der Waals surface area contributed by atoms with Gasteiger partial charge in [-0.05, 0) is 31.5 Å². The Kier molecular flexibility index (Phi) is 5.55. The molecule has 0 saturated heterocycles. The van der Waals surface area contributed by atoms with Crippen molar-refractivity contribution in [3.05, 3.63) is 27.7 Å². The molecular weight excluding hydrogens is 261 g/mol. The smallest absolute Gasteiger partial charge is 0.251 e. The summed E-state index contributed by atoms with van der Waals surface area (Å²) in [5, 5.41) is 3.32. The number of carbonyl (C=O) groups excluding carboxylic acids is 1. The third kappa shape index (κ3) is 4.07. The number of hydrogen-bond acceptors (Lipinski definition) is 3. The zero-order chi connectivity index (χ0) is 12.8. The van der Waals surface area contributed by atoms with E-state index in [2.05, 4.69) is 5.32 Å². The fraction of sp³-hybridized carbons (Fsp3) is 0.364. The molecule has 94 valence electrons. The van der Waals surface area contributed by atoms with E-state index in [1.807, 2.05) is 0 Å². The number of amides is 1. The van der Waals surface area contributed by atoms with Gasteiger partial charge in [-0.2, -0.15) is 0 Å². The molecule has 0 radical (unpaired) electrons. The van der Waals surface area contributed by atoms with Gasteiger partial charge in [-0.15, -0.1) is 0 Å². The average Bonchev–Trinajstić information content (AvgIpc) is 2.30. The fourth-order valence-electron chi connectivity index (χ4n) is 1.29. The predicted molar refractivity (Wildman–Crippen MR) is 71.5 cm³/mol. The highest BCUT2D eigenvalue weighted by Crippen LogP contribution is 2.28. The van der Waals surface area contributed by atoms with E-state index in [0.717, 1.165) is 12.8 Å². The average molecular weight is 276 g/mol. The molecule has 0 spiro atoms. The first-order valence-corrected chi connectivity index (χ1v) is 6.04. The number of carbonyl (C=O) groups is 1. The minimum absolute atomic E-state index is 0.217. The molecule has 0 aliphatic rings. The van der Waals surface area contributed by atoms with Gasteiger partial charge in [0.1, 0.15) is 0 Å². The maximum atomic E-state index is 11.7. The summed E-state index contributed by atoms with van der Waals surface area (Å²) in [5.74, 6) is -0.217. The predicted octanol–water partition coefficient (Wildman–Crippen LogP) is 2.04. The van der Waals surface area contributed by atoms with Crippen LogP contribution < -0.4 is 16.8 Å². The number of benzene rings is 1. The molecule has 4 nitrogen and oxygen atoms in total. The molecule has 0 aromatic heterocycles. The molecule has 0 saturated carbocycles. The van der Waals surface area contributed by atoms with Crippen LogP contribution in [0.1, 0.15) is 23.2 Å². The first-order chi connectivity index (χ1) is 8.06. The molecule has 1 amide bonds. The maximum absolute atomic E-state index is 11.7. The lowest BCUT2D eigenvalue weighted by Crippen LogP contribution is -2.25. The summed E-state index contributed by atoms with van der Waals surface area (Å²) in [5.41, 5.74) is 11.6. The van der Waals surface area contributed by atoms with E-state index >= 15 is 0 Å². The number of nitrogens with two attached hydrogens (primary N) is 2. The summed E-state index contributed by atoms with van der Waals surface area (Å²) in [6.45, 7) is 1.20. The Morgan fingerprint density at radius 1 is 1.24 bits per heavy atom. The lowest BCUT2D eigenvalue weighted by atomic mass is 10.2. The molecule has 1 aromatic carbocycles. The Hall–Kier alpha value is -0.970. The quantitative estimate of drug-likeness (QED) is 0.568. The van der Waals surface area contributed by atoms with E-state index < -0.39 is 0 Å². The first kappa shape index (κ1) is 14.1. The van der Waals surface area contributed by atoms with E-state index in [4.69, 9.17) is 34.7 Å². The summed E-state index contributed by atoms with van der Waals surface area (Å²) in [6.07, 6.45) is 1.72. The van der Waals surface area contributed by atoms with Crippen molar-refractivity contribution in [2.45, 2.75) is 12.8 Å². The van der Waals surface area contributed by atoms with Gasteiger partial charge < -0.3 is 16.8 Å². The molecule has 0 bridgehead atoms. The van der Waals surface area contributed by atoms with Gasteiger partial charge in [0.25, 0.3) is 5.91 Å². The van der Waals surface area contributed by atoms with Gasteiger partial charge in [-0.1, -0.05) is 23.2 Å². The number of halogens is 2. The van der Waals surface area contributed by atoms with Crippen molar-refractivity contribution in [3.8, 4) is 0 Å². The lowest BCUT2D eigenvalue weighted by molar-refractivity contribution is 0.0953. The second kappa shape index (κ2) is 6.69. The van der Waals surface area contributed by atoms with E-state index in [9.17, 15) is 4.79 Å². The van der Waals surface area contributed by atoms with Crippen LogP contribution in [-0.4, -0.2) is 19.0 Å². The van der Waals surface area contributed by atoms with Gasteiger partial charge in [0, 0.05) is 12.1 Å². The number of hydrogen-bond donors (Lipinski definition) is 3. The van der Waals surface area contributed by atoms with Crippen molar-refractivity contribution >= 4 is 34.8 Å². The minimum Gasteiger partial charge on any atom is -0.396 e. The number of rotatable bonds is 5. The van der Waals surface area contributed by atoms with Crippen molar-refractivity contribution in [2.24, 2.45) is 5.73 Å². The van der Waals surface area contributed by atoms with Crippen LogP contribution in [0.25, 0.3) is 0 Å². The fourth-order valence-corrected chi connectivity index (χ4v) is 1.78. The van der Waals surface area contributed by atoms with Crippen LogP contribution in [0.15, 0.2) is 12.1 Å². The summed E-state index contributed by atoms with van der Waals surface area (Å²) < 4.78 is 0. The second-order valence-electron chi connectivity index (χ2n) is 3.61. The molecule has 1 rings (SSSR count).